The molecule has 19 heavy (non-hydrogen) atoms. The van der Waals surface area contributed by atoms with Gasteiger partial charge in [0.1, 0.15) is 0 Å². The number of methoxy groups -OCH3 is 1. The van der Waals surface area contributed by atoms with Gasteiger partial charge in [0.2, 0.25) is 5.75 Å². The van der Waals surface area contributed by atoms with Crippen LogP contribution in [0.15, 0.2) is 12.1 Å². The summed E-state index contributed by atoms with van der Waals surface area (Å²) in [5.41, 5.74) is 5.96. The summed E-state index contributed by atoms with van der Waals surface area (Å²) in [4.78, 5) is 10.2. The normalized spacial score (nSPS) is 12.5. The van der Waals surface area contributed by atoms with Crippen molar-refractivity contribution in [1.29, 1.82) is 0 Å². The lowest BCUT2D eigenvalue weighted by Gasteiger charge is -2.27. The third kappa shape index (κ3) is 3.71. The second kappa shape index (κ2) is 6.08. The second-order valence-electron chi connectivity index (χ2n) is 5.19. The van der Waals surface area contributed by atoms with Crippen molar-refractivity contribution >= 4 is 18.1 Å². The maximum Gasteiger partial charge on any atom is 0.314 e. The minimum Gasteiger partial charge on any atom is -0.500 e. The molecule has 1 rings (SSSR count). The van der Waals surface area contributed by atoms with Gasteiger partial charge in [-0.25, -0.2) is 0 Å². The van der Waals surface area contributed by atoms with Crippen molar-refractivity contribution < 1.29 is 14.8 Å². The number of rotatable bonds is 3. The van der Waals surface area contributed by atoms with Crippen molar-refractivity contribution in [2.24, 2.45) is 11.1 Å². The molecule has 0 saturated heterocycles. The van der Waals surface area contributed by atoms with Gasteiger partial charge in [0.05, 0.1) is 12.0 Å². The molecule has 7 heteroatoms. The standard InChI is InChI=1S/C12H18N2O4.ClH/c1-12(2,3)11(13)7-5-8(14(16)17)10(15)9(6-7)18-4;/h5-6,11,15H,13H2,1-4H3;1H/t11-;/m0./s1. The van der Waals surface area contributed by atoms with Crippen LogP contribution in [0.3, 0.4) is 0 Å². The molecule has 6 nitrogen and oxygen atoms in total. The number of nitro benzene ring substituents is 1. The molecule has 0 aliphatic rings. The summed E-state index contributed by atoms with van der Waals surface area (Å²) in [7, 11) is 1.34. The first-order chi connectivity index (χ1) is 8.18. The Morgan fingerprint density at radius 1 is 1.42 bits per heavy atom. The second-order valence-corrected chi connectivity index (χ2v) is 5.19. The average molecular weight is 291 g/mol. The van der Waals surface area contributed by atoms with Gasteiger partial charge in [-0.3, -0.25) is 10.1 Å². The third-order valence-corrected chi connectivity index (χ3v) is 2.79. The molecule has 0 radical (unpaired) electrons. The fraction of sp³-hybridized carbons (Fsp3) is 0.500. The van der Waals surface area contributed by atoms with Gasteiger partial charge in [-0.05, 0) is 17.0 Å². The lowest BCUT2D eigenvalue weighted by Crippen LogP contribution is -2.26. The molecule has 0 aliphatic carbocycles. The van der Waals surface area contributed by atoms with Crippen molar-refractivity contribution in [3.63, 3.8) is 0 Å². The summed E-state index contributed by atoms with van der Waals surface area (Å²) in [6.07, 6.45) is 0. The fourth-order valence-corrected chi connectivity index (χ4v) is 1.59. The number of nitrogens with zero attached hydrogens (tertiary/aromatic N) is 1. The smallest absolute Gasteiger partial charge is 0.314 e. The zero-order valence-corrected chi connectivity index (χ0v) is 12.2. The number of nitro groups is 1. The molecule has 0 saturated carbocycles. The quantitative estimate of drug-likeness (QED) is 0.659. The Kier molecular flexibility index (Phi) is 5.59. The number of hydrogen-bond acceptors (Lipinski definition) is 5. The van der Waals surface area contributed by atoms with Crippen molar-refractivity contribution in [2.45, 2.75) is 26.8 Å². The Bertz CT molecular complexity index is 472. The molecule has 0 unspecified atom stereocenters. The van der Waals surface area contributed by atoms with E-state index in [0.717, 1.165) is 0 Å². The Labute approximate surface area is 118 Å². The van der Waals surface area contributed by atoms with Crippen molar-refractivity contribution in [3.8, 4) is 11.5 Å². The van der Waals surface area contributed by atoms with E-state index < -0.39 is 22.4 Å². The number of nitrogens with two attached hydrogens (primary N) is 1. The van der Waals surface area contributed by atoms with E-state index in [1.807, 2.05) is 20.8 Å². The van der Waals surface area contributed by atoms with Crippen LogP contribution in [0.1, 0.15) is 32.4 Å². The lowest BCUT2D eigenvalue weighted by atomic mass is 9.83. The minimum absolute atomic E-state index is 0. The molecule has 1 atom stereocenters. The molecule has 0 spiro atoms. The van der Waals surface area contributed by atoms with Gasteiger partial charge >= 0.3 is 5.69 Å². The van der Waals surface area contributed by atoms with E-state index in [4.69, 9.17) is 10.5 Å². The van der Waals surface area contributed by atoms with Crippen LogP contribution in [0.25, 0.3) is 0 Å². The predicted molar refractivity (Wildman–Crippen MR) is 74.9 cm³/mol. The summed E-state index contributed by atoms with van der Waals surface area (Å²) >= 11 is 0. The first-order valence-corrected chi connectivity index (χ1v) is 5.49. The van der Waals surface area contributed by atoms with Crippen LogP contribution >= 0.6 is 12.4 Å². The van der Waals surface area contributed by atoms with E-state index in [1.165, 1.54) is 19.2 Å². The van der Waals surface area contributed by atoms with Crippen LogP contribution in [0, 0.1) is 15.5 Å². The summed E-state index contributed by atoms with van der Waals surface area (Å²) in [5, 5.41) is 20.5. The monoisotopic (exact) mass is 290 g/mol. The van der Waals surface area contributed by atoms with Crippen molar-refractivity contribution in [1.82, 2.24) is 0 Å². The van der Waals surface area contributed by atoms with E-state index in [2.05, 4.69) is 0 Å². The van der Waals surface area contributed by atoms with Crippen LogP contribution in [-0.4, -0.2) is 17.1 Å². The maximum absolute atomic E-state index is 10.9. The number of phenols is 1. The molecular formula is C12H19ClN2O4. The number of halogens is 1. The highest BCUT2D eigenvalue weighted by molar-refractivity contribution is 5.85. The molecule has 0 bridgehead atoms. The predicted octanol–water partition coefficient (Wildman–Crippen LogP) is 2.78. The van der Waals surface area contributed by atoms with Crippen molar-refractivity contribution in [2.75, 3.05) is 7.11 Å². The third-order valence-electron chi connectivity index (χ3n) is 2.79. The zero-order valence-electron chi connectivity index (χ0n) is 11.3. The van der Waals surface area contributed by atoms with E-state index in [-0.39, 0.29) is 23.6 Å². The van der Waals surface area contributed by atoms with Crippen LogP contribution in [0.2, 0.25) is 0 Å². The Hall–Kier alpha value is -1.53. The number of ether oxygens (including phenoxy) is 1. The number of aromatic hydroxyl groups is 1. The summed E-state index contributed by atoms with van der Waals surface area (Å²) in [6, 6.07) is 2.41. The van der Waals surface area contributed by atoms with Gasteiger partial charge in [-0.15, -0.1) is 12.4 Å². The van der Waals surface area contributed by atoms with E-state index in [0.29, 0.717) is 5.56 Å². The maximum atomic E-state index is 10.9. The Balaban J connectivity index is 0.00000324. The van der Waals surface area contributed by atoms with Crippen LogP contribution < -0.4 is 10.5 Å². The number of benzene rings is 1. The lowest BCUT2D eigenvalue weighted by molar-refractivity contribution is -0.386. The topological polar surface area (TPSA) is 98.6 Å². The molecule has 0 aromatic heterocycles. The first kappa shape index (κ1) is 17.5. The van der Waals surface area contributed by atoms with Gasteiger partial charge in [0, 0.05) is 12.1 Å². The zero-order chi connectivity index (χ0) is 14.1. The van der Waals surface area contributed by atoms with Crippen LogP contribution in [-0.2, 0) is 0 Å². The van der Waals surface area contributed by atoms with E-state index in [9.17, 15) is 15.2 Å². The molecule has 0 fully saturated rings. The van der Waals surface area contributed by atoms with Crippen LogP contribution in [0.4, 0.5) is 5.69 Å². The molecule has 1 aromatic carbocycles. The van der Waals surface area contributed by atoms with Gasteiger partial charge in [0.15, 0.2) is 5.75 Å². The van der Waals surface area contributed by atoms with Crippen molar-refractivity contribution in [3.05, 3.63) is 27.8 Å². The summed E-state index contributed by atoms with van der Waals surface area (Å²) in [6.45, 7) is 5.80. The summed E-state index contributed by atoms with van der Waals surface area (Å²) in [5.74, 6) is -0.425. The molecule has 3 N–H and O–H groups in total. The number of hydrogen-bond donors (Lipinski definition) is 2. The van der Waals surface area contributed by atoms with Gasteiger partial charge in [0.25, 0.3) is 0 Å². The largest absolute Gasteiger partial charge is 0.500 e. The fourth-order valence-electron chi connectivity index (χ4n) is 1.59. The number of phenolic OH excluding ortho intramolecular Hbond substituents is 1. The highest BCUT2D eigenvalue weighted by Crippen LogP contribution is 2.41. The molecule has 0 aliphatic heterocycles. The Morgan fingerprint density at radius 3 is 2.32 bits per heavy atom. The molecule has 1 aromatic rings. The summed E-state index contributed by atoms with van der Waals surface area (Å²) < 4.78 is 4.93. The SMILES string of the molecule is COc1cc([C@H](N)C(C)(C)C)cc([N+](=O)[O-])c1O.Cl. The molecule has 108 valence electrons. The van der Waals surface area contributed by atoms with E-state index in [1.54, 1.807) is 0 Å². The highest BCUT2D eigenvalue weighted by atomic mass is 35.5. The van der Waals surface area contributed by atoms with Gasteiger partial charge in [-0.2, -0.15) is 0 Å². The molecule has 0 heterocycles. The van der Waals surface area contributed by atoms with E-state index >= 15 is 0 Å². The van der Waals surface area contributed by atoms with Crippen LogP contribution in [0.5, 0.6) is 11.5 Å². The first-order valence-electron chi connectivity index (χ1n) is 5.49. The van der Waals surface area contributed by atoms with Gasteiger partial charge < -0.3 is 15.6 Å². The Morgan fingerprint density at radius 2 is 1.95 bits per heavy atom. The minimum atomic E-state index is -0.656. The molecular weight excluding hydrogens is 272 g/mol. The van der Waals surface area contributed by atoms with Gasteiger partial charge in [-0.1, -0.05) is 20.8 Å². The average Bonchev–Trinajstić information content (AvgIpc) is 2.26. The molecule has 0 amide bonds. The highest BCUT2D eigenvalue weighted by Gasteiger charge is 2.27.